The van der Waals surface area contributed by atoms with Gasteiger partial charge in [-0.15, -0.1) is 13.2 Å². The number of alkyl halides is 8. The monoisotopic (exact) mass is 484 g/mol. The largest absolute Gasteiger partial charge is 0.573 e. The molecule has 0 aliphatic heterocycles. The van der Waals surface area contributed by atoms with Gasteiger partial charge in [-0.3, -0.25) is 4.79 Å². The molecule has 2 unspecified atom stereocenters. The van der Waals surface area contributed by atoms with E-state index in [1.54, 1.807) is 0 Å². The summed E-state index contributed by atoms with van der Waals surface area (Å²) < 4.78 is 123. The van der Waals surface area contributed by atoms with Crippen molar-refractivity contribution in [2.75, 3.05) is 0 Å². The smallest absolute Gasteiger partial charge is 0.460 e. The number of ether oxygens (including phenoxy) is 2. The van der Waals surface area contributed by atoms with Gasteiger partial charge < -0.3 is 9.47 Å². The molecule has 0 spiro atoms. The Morgan fingerprint density at radius 1 is 1.13 bits per heavy atom. The standard InChI is InChI=1S/C18H14ClF9O3/c1-15(2)9(6-11(19)16(21,22)17(23,24)25)12(15)14(29)30-7-8-4-3-5-10(13(8)20)31-18(26,27)28/h3-6,9,12H,7H2,1-2H3. The molecular weight excluding hydrogens is 471 g/mol. The number of benzene rings is 1. The number of hydrogen-bond donors (Lipinski definition) is 0. The van der Waals surface area contributed by atoms with E-state index in [-0.39, 0.29) is 0 Å². The van der Waals surface area contributed by atoms with Crippen molar-refractivity contribution in [3.8, 4) is 5.75 Å². The lowest BCUT2D eigenvalue weighted by molar-refractivity contribution is -0.275. The van der Waals surface area contributed by atoms with E-state index in [0.717, 1.165) is 12.1 Å². The fourth-order valence-electron chi connectivity index (χ4n) is 2.95. The lowest BCUT2D eigenvalue weighted by Gasteiger charge is -2.18. The van der Waals surface area contributed by atoms with E-state index >= 15 is 0 Å². The maximum absolute atomic E-state index is 14.1. The van der Waals surface area contributed by atoms with E-state index in [2.05, 4.69) is 4.74 Å². The topological polar surface area (TPSA) is 35.5 Å². The van der Waals surface area contributed by atoms with Crippen LogP contribution in [-0.4, -0.2) is 24.4 Å². The Hall–Kier alpha value is -2.11. The van der Waals surface area contributed by atoms with Crippen LogP contribution < -0.4 is 4.74 Å². The van der Waals surface area contributed by atoms with Crippen LogP contribution >= 0.6 is 11.6 Å². The van der Waals surface area contributed by atoms with Gasteiger partial charge in [-0.05, 0) is 17.4 Å². The first-order valence-corrected chi connectivity index (χ1v) is 8.79. The minimum atomic E-state index is -5.93. The van der Waals surface area contributed by atoms with Gasteiger partial charge >= 0.3 is 24.4 Å². The number of halogens is 10. The molecule has 0 radical (unpaired) electrons. The first-order chi connectivity index (χ1) is 13.9. The Kier molecular flexibility index (Phi) is 6.57. The van der Waals surface area contributed by atoms with Crippen molar-refractivity contribution in [1.82, 2.24) is 0 Å². The second-order valence-corrected chi connectivity index (χ2v) is 7.70. The van der Waals surface area contributed by atoms with E-state index in [1.165, 1.54) is 13.8 Å². The number of allylic oxidation sites excluding steroid dienone is 2. The predicted octanol–water partition coefficient (Wildman–Crippen LogP) is 6.36. The highest BCUT2D eigenvalue weighted by Gasteiger charge is 2.64. The number of rotatable bonds is 6. The zero-order valence-corrected chi connectivity index (χ0v) is 16.4. The fraction of sp³-hybridized carbons (Fsp3) is 0.500. The highest BCUT2D eigenvalue weighted by molar-refractivity contribution is 6.30. The normalized spacial score (nSPS) is 21.6. The average Bonchev–Trinajstić information content (AvgIpc) is 3.13. The Labute approximate surface area is 174 Å². The molecule has 1 aromatic carbocycles. The molecule has 0 bridgehead atoms. The molecule has 0 heterocycles. The molecule has 0 amide bonds. The quantitative estimate of drug-likeness (QED) is 0.348. The van der Waals surface area contributed by atoms with Crippen LogP contribution in [0.5, 0.6) is 5.75 Å². The van der Waals surface area contributed by atoms with Gasteiger partial charge in [-0.2, -0.15) is 22.0 Å². The van der Waals surface area contributed by atoms with Crippen molar-refractivity contribution < 1.29 is 53.8 Å². The molecule has 1 saturated carbocycles. The fourth-order valence-corrected chi connectivity index (χ4v) is 3.19. The summed E-state index contributed by atoms with van der Waals surface area (Å²) in [7, 11) is 0. The molecule has 0 aromatic heterocycles. The second-order valence-electron chi connectivity index (χ2n) is 7.30. The van der Waals surface area contributed by atoms with Crippen LogP contribution in [0.3, 0.4) is 0 Å². The van der Waals surface area contributed by atoms with Gasteiger partial charge in [0.1, 0.15) is 6.61 Å². The first-order valence-electron chi connectivity index (χ1n) is 8.41. The van der Waals surface area contributed by atoms with E-state index in [4.69, 9.17) is 16.3 Å². The van der Waals surface area contributed by atoms with Crippen LogP contribution in [0.25, 0.3) is 0 Å². The van der Waals surface area contributed by atoms with Crippen molar-refractivity contribution in [3.63, 3.8) is 0 Å². The summed E-state index contributed by atoms with van der Waals surface area (Å²) >= 11 is 5.14. The molecule has 2 rings (SSSR count). The van der Waals surface area contributed by atoms with Gasteiger partial charge in [0.05, 0.1) is 11.0 Å². The zero-order chi connectivity index (χ0) is 24.0. The number of carbonyl (C=O) groups is 1. The van der Waals surface area contributed by atoms with Crippen molar-refractivity contribution in [1.29, 1.82) is 0 Å². The third-order valence-corrected chi connectivity index (χ3v) is 5.15. The van der Waals surface area contributed by atoms with Crippen molar-refractivity contribution >= 4 is 17.6 Å². The van der Waals surface area contributed by atoms with E-state index < -0.39 is 70.5 Å². The second kappa shape index (κ2) is 8.10. The summed E-state index contributed by atoms with van der Waals surface area (Å²) in [6, 6.07) is 2.72. The summed E-state index contributed by atoms with van der Waals surface area (Å²) in [6.45, 7) is 1.94. The zero-order valence-electron chi connectivity index (χ0n) is 15.7. The van der Waals surface area contributed by atoms with Crippen molar-refractivity contribution in [2.24, 2.45) is 17.3 Å². The highest BCUT2D eigenvalue weighted by atomic mass is 35.5. The summed E-state index contributed by atoms with van der Waals surface area (Å²) in [6.07, 6.45) is -10.7. The molecule has 2 atom stereocenters. The van der Waals surface area contributed by atoms with Crippen LogP contribution in [0.2, 0.25) is 0 Å². The molecule has 1 aliphatic carbocycles. The van der Waals surface area contributed by atoms with Gasteiger partial charge in [0.25, 0.3) is 0 Å². The molecule has 1 aliphatic rings. The number of carbonyl (C=O) groups excluding carboxylic acids is 1. The highest BCUT2D eigenvalue weighted by Crippen LogP contribution is 2.61. The molecule has 3 nitrogen and oxygen atoms in total. The summed E-state index contributed by atoms with van der Waals surface area (Å²) in [4.78, 5) is 12.2. The molecule has 31 heavy (non-hydrogen) atoms. The summed E-state index contributed by atoms with van der Waals surface area (Å²) in [5, 5.41) is -1.81. The van der Waals surface area contributed by atoms with Crippen molar-refractivity contribution in [2.45, 2.75) is 38.9 Å². The third kappa shape index (κ3) is 5.39. The van der Waals surface area contributed by atoms with Gasteiger partial charge in [0, 0.05) is 5.56 Å². The lowest BCUT2D eigenvalue weighted by atomic mass is 10.1. The van der Waals surface area contributed by atoms with Gasteiger partial charge in [-0.25, -0.2) is 4.39 Å². The lowest BCUT2D eigenvalue weighted by Crippen LogP contribution is -2.36. The van der Waals surface area contributed by atoms with Crippen LogP contribution in [0.1, 0.15) is 19.4 Å². The van der Waals surface area contributed by atoms with E-state index in [9.17, 15) is 44.3 Å². The van der Waals surface area contributed by atoms with Gasteiger partial charge in [0.2, 0.25) is 0 Å². The van der Waals surface area contributed by atoms with Crippen LogP contribution in [0, 0.1) is 23.1 Å². The van der Waals surface area contributed by atoms with Gasteiger partial charge in [0.15, 0.2) is 11.6 Å². The third-order valence-electron chi connectivity index (χ3n) is 4.79. The average molecular weight is 485 g/mol. The van der Waals surface area contributed by atoms with E-state index in [1.807, 2.05) is 0 Å². The van der Waals surface area contributed by atoms with Crippen LogP contribution in [0.4, 0.5) is 39.5 Å². The number of esters is 1. The Balaban J connectivity index is 2.10. The Bertz CT molecular complexity index is 875. The first kappa shape index (κ1) is 25.2. The molecule has 13 heteroatoms. The minimum Gasteiger partial charge on any atom is -0.460 e. The maximum Gasteiger partial charge on any atom is 0.573 e. The van der Waals surface area contributed by atoms with Gasteiger partial charge in [-0.1, -0.05) is 43.7 Å². The Morgan fingerprint density at radius 3 is 2.23 bits per heavy atom. The van der Waals surface area contributed by atoms with Crippen molar-refractivity contribution in [3.05, 3.63) is 40.7 Å². The predicted molar refractivity (Wildman–Crippen MR) is 88.6 cm³/mol. The summed E-state index contributed by atoms with van der Waals surface area (Å²) in [5.41, 5.74) is -1.57. The minimum absolute atomic E-state index is 0.416. The van der Waals surface area contributed by atoms with Crippen LogP contribution in [0.15, 0.2) is 29.3 Å². The molecule has 0 N–H and O–H groups in total. The molecule has 174 valence electrons. The number of hydrogen-bond acceptors (Lipinski definition) is 3. The van der Waals surface area contributed by atoms with E-state index in [0.29, 0.717) is 12.1 Å². The molecule has 1 aromatic rings. The SMILES string of the molecule is CC1(C)C(C=C(Cl)C(F)(F)C(F)(F)F)C1C(=O)OCc1cccc(OC(F)(F)F)c1F. The maximum atomic E-state index is 14.1. The summed E-state index contributed by atoms with van der Waals surface area (Å²) in [5.74, 6) is -11.3. The molecule has 1 fully saturated rings. The molecular formula is C18H14ClF9O3. The Morgan fingerprint density at radius 2 is 1.71 bits per heavy atom. The molecule has 0 saturated heterocycles. The van der Waals surface area contributed by atoms with Crippen LogP contribution in [-0.2, 0) is 16.1 Å².